The number of fused-ring (bicyclic) bond motifs is 1. The summed E-state index contributed by atoms with van der Waals surface area (Å²) in [5.74, 6) is 1.12. The highest BCUT2D eigenvalue weighted by Gasteiger charge is 2.37. The topological polar surface area (TPSA) is 58.9 Å². The monoisotopic (exact) mass is 424 g/mol. The minimum absolute atomic E-state index is 0.0827. The van der Waals surface area contributed by atoms with Gasteiger partial charge in [0.1, 0.15) is 12.2 Å². The first-order valence-electron chi connectivity index (χ1n) is 10.5. The molecule has 2 atom stereocenters. The van der Waals surface area contributed by atoms with Crippen molar-refractivity contribution in [3.05, 3.63) is 81.5 Å². The molecule has 2 heterocycles. The van der Waals surface area contributed by atoms with Gasteiger partial charge in [0, 0.05) is 5.41 Å². The van der Waals surface area contributed by atoms with E-state index in [-0.39, 0.29) is 5.41 Å². The molecule has 0 radical (unpaired) electrons. The molecule has 2 aromatic carbocycles. The standard InChI is InChI=1S/C25H28O4S/c1-3-25(4-2)15-28-21-22(29-16-25)24(20(27)18-13-9-6-10-14-18)30-23(21)19(26)17-11-7-5-8-12-17/h5-14,19-20,26-27H,3-4,15-16H2,1-2H3. The lowest BCUT2D eigenvalue weighted by atomic mass is 9.84. The van der Waals surface area contributed by atoms with Crippen LogP contribution in [0.15, 0.2) is 60.7 Å². The molecular weight excluding hydrogens is 396 g/mol. The molecule has 1 aliphatic heterocycles. The van der Waals surface area contributed by atoms with Crippen LogP contribution >= 0.6 is 11.3 Å². The smallest absolute Gasteiger partial charge is 0.178 e. The summed E-state index contributed by atoms with van der Waals surface area (Å²) in [4.78, 5) is 1.34. The number of aliphatic hydroxyl groups is 2. The maximum atomic E-state index is 11.1. The lowest BCUT2D eigenvalue weighted by molar-refractivity contribution is 0.0923. The summed E-state index contributed by atoms with van der Waals surface area (Å²) in [6, 6.07) is 19.0. The van der Waals surface area contributed by atoms with Crippen molar-refractivity contribution < 1.29 is 19.7 Å². The van der Waals surface area contributed by atoms with E-state index in [0.717, 1.165) is 24.0 Å². The average molecular weight is 425 g/mol. The van der Waals surface area contributed by atoms with Crippen molar-refractivity contribution >= 4 is 11.3 Å². The second-order valence-electron chi connectivity index (χ2n) is 7.90. The van der Waals surface area contributed by atoms with Gasteiger partial charge in [0.15, 0.2) is 11.5 Å². The molecule has 0 saturated heterocycles. The van der Waals surface area contributed by atoms with E-state index in [1.165, 1.54) is 11.3 Å². The second-order valence-corrected chi connectivity index (χ2v) is 8.98. The van der Waals surface area contributed by atoms with Crippen LogP contribution in [-0.4, -0.2) is 23.4 Å². The molecule has 3 aromatic rings. The van der Waals surface area contributed by atoms with Crippen molar-refractivity contribution in [3.8, 4) is 11.5 Å². The van der Waals surface area contributed by atoms with E-state index in [2.05, 4.69) is 13.8 Å². The molecule has 4 rings (SSSR count). The van der Waals surface area contributed by atoms with E-state index < -0.39 is 12.2 Å². The summed E-state index contributed by atoms with van der Waals surface area (Å²) in [6.45, 7) is 5.35. The zero-order valence-corrected chi connectivity index (χ0v) is 18.2. The van der Waals surface area contributed by atoms with Crippen LogP contribution in [-0.2, 0) is 0 Å². The quantitative estimate of drug-likeness (QED) is 0.549. The first kappa shape index (κ1) is 20.9. The molecule has 0 amide bonds. The third-order valence-electron chi connectivity index (χ3n) is 6.15. The van der Waals surface area contributed by atoms with Gasteiger partial charge in [-0.25, -0.2) is 0 Å². The molecule has 0 fully saturated rings. The fourth-order valence-corrected chi connectivity index (χ4v) is 5.01. The predicted molar refractivity (Wildman–Crippen MR) is 119 cm³/mol. The van der Waals surface area contributed by atoms with E-state index in [9.17, 15) is 10.2 Å². The number of rotatable bonds is 6. The van der Waals surface area contributed by atoms with Crippen LogP contribution in [0.4, 0.5) is 0 Å². The first-order valence-corrected chi connectivity index (χ1v) is 11.3. The minimum Gasteiger partial charge on any atom is -0.488 e. The Bertz CT molecular complexity index is 890. The van der Waals surface area contributed by atoms with Crippen LogP contribution in [0.3, 0.4) is 0 Å². The van der Waals surface area contributed by atoms with Crippen LogP contribution in [0.1, 0.15) is 59.8 Å². The maximum Gasteiger partial charge on any atom is 0.178 e. The van der Waals surface area contributed by atoms with Gasteiger partial charge in [-0.15, -0.1) is 11.3 Å². The van der Waals surface area contributed by atoms with Gasteiger partial charge in [-0.1, -0.05) is 74.5 Å². The highest BCUT2D eigenvalue weighted by molar-refractivity contribution is 7.13. The molecule has 2 N–H and O–H groups in total. The number of ether oxygens (including phenoxy) is 2. The normalized spacial score (nSPS) is 17.2. The molecule has 2 unspecified atom stereocenters. The summed E-state index contributed by atoms with van der Waals surface area (Å²) in [6.07, 6.45) is 0.177. The number of thiophene rings is 1. The van der Waals surface area contributed by atoms with E-state index in [1.54, 1.807) is 0 Å². The highest BCUT2D eigenvalue weighted by atomic mass is 32.1. The largest absolute Gasteiger partial charge is 0.488 e. The van der Waals surface area contributed by atoms with Crippen molar-refractivity contribution in [2.45, 2.75) is 38.9 Å². The average Bonchev–Trinajstić information content (AvgIpc) is 3.07. The summed E-state index contributed by atoms with van der Waals surface area (Å²) in [5, 5.41) is 22.3. The first-order chi connectivity index (χ1) is 14.6. The number of benzene rings is 2. The number of hydrogen-bond donors (Lipinski definition) is 2. The lowest BCUT2D eigenvalue weighted by Crippen LogP contribution is -2.32. The van der Waals surface area contributed by atoms with Crippen molar-refractivity contribution in [1.82, 2.24) is 0 Å². The zero-order valence-electron chi connectivity index (χ0n) is 17.4. The van der Waals surface area contributed by atoms with Gasteiger partial charge in [-0.05, 0) is 24.0 Å². The van der Waals surface area contributed by atoms with Gasteiger partial charge < -0.3 is 19.7 Å². The third kappa shape index (κ3) is 3.85. The van der Waals surface area contributed by atoms with Crippen LogP contribution in [0.25, 0.3) is 0 Å². The summed E-state index contributed by atoms with van der Waals surface area (Å²) in [5.41, 5.74) is 1.49. The third-order valence-corrected chi connectivity index (χ3v) is 7.40. The minimum atomic E-state index is -0.846. The summed E-state index contributed by atoms with van der Waals surface area (Å²) in [7, 11) is 0. The van der Waals surface area contributed by atoms with E-state index in [4.69, 9.17) is 9.47 Å². The molecule has 0 bridgehead atoms. The van der Waals surface area contributed by atoms with Crippen LogP contribution in [0, 0.1) is 5.41 Å². The molecule has 1 aromatic heterocycles. The SMILES string of the molecule is CCC1(CC)COc2c(C(O)c3ccccc3)sc(C(O)c3ccccc3)c2OC1. The number of aliphatic hydroxyl groups excluding tert-OH is 2. The molecule has 5 heteroatoms. The van der Waals surface area contributed by atoms with Crippen LogP contribution in [0.5, 0.6) is 11.5 Å². The fourth-order valence-electron chi connectivity index (χ4n) is 3.79. The number of hydrogen-bond acceptors (Lipinski definition) is 5. The Morgan fingerprint density at radius 2 is 1.17 bits per heavy atom. The Balaban J connectivity index is 1.79. The van der Waals surface area contributed by atoms with Gasteiger partial charge in [-0.3, -0.25) is 0 Å². The van der Waals surface area contributed by atoms with Crippen LogP contribution < -0.4 is 9.47 Å². The molecule has 0 spiro atoms. The molecule has 4 nitrogen and oxygen atoms in total. The van der Waals surface area contributed by atoms with Gasteiger partial charge in [0.2, 0.25) is 0 Å². The summed E-state index contributed by atoms with van der Waals surface area (Å²) >= 11 is 1.36. The molecule has 1 aliphatic rings. The van der Waals surface area contributed by atoms with Gasteiger partial charge in [-0.2, -0.15) is 0 Å². The van der Waals surface area contributed by atoms with Gasteiger partial charge in [0.05, 0.1) is 23.0 Å². The van der Waals surface area contributed by atoms with Crippen molar-refractivity contribution in [2.24, 2.45) is 5.41 Å². The predicted octanol–water partition coefficient (Wildman–Crippen LogP) is 5.49. The van der Waals surface area contributed by atoms with Gasteiger partial charge in [0.25, 0.3) is 0 Å². The van der Waals surface area contributed by atoms with Crippen molar-refractivity contribution in [1.29, 1.82) is 0 Å². The van der Waals surface area contributed by atoms with Crippen molar-refractivity contribution in [3.63, 3.8) is 0 Å². The van der Waals surface area contributed by atoms with Crippen LogP contribution in [0.2, 0.25) is 0 Å². The second kappa shape index (κ2) is 8.80. The molecular formula is C25H28O4S. The van der Waals surface area contributed by atoms with Gasteiger partial charge >= 0.3 is 0 Å². The summed E-state index contributed by atoms with van der Waals surface area (Å²) < 4.78 is 12.6. The van der Waals surface area contributed by atoms with E-state index in [0.29, 0.717) is 34.5 Å². The van der Waals surface area contributed by atoms with Crippen molar-refractivity contribution in [2.75, 3.05) is 13.2 Å². The van der Waals surface area contributed by atoms with E-state index in [1.807, 2.05) is 60.7 Å². The Hall–Kier alpha value is -2.34. The highest BCUT2D eigenvalue weighted by Crippen LogP contribution is 2.52. The zero-order chi connectivity index (χ0) is 21.1. The maximum absolute atomic E-state index is 11.1. The Morgan fingerprint density at radius 3 is 1.53 bits per heavy atom. The lowest BCUT2D eigenvalue weighted by Gasteiger charge is -2.28. The Morgan fingerprint density at radius 1 is 0.767 bits per heavy atom. The molecule has 0 aliphatic carbocycles. The fraction of sp³-hybridized carbons (Fsp3) is 0.360. The molecule has 0 saturated carbocycles. The molecule has 158 valence electrons. The molecule has 30 heavy (non-hydrogen) atoms. The van der Waals surface area contributed by atoms with E-state index >= 15 is 0 Å². The Labute approximate surface area is 181 Å². The Kier molecular flexibility index (Phi) is 6.14.